The molecule has 5 aliphatic rings. The molecule has 97 heavy (non-hydrogen) atoms. The number of benzene rings is 1. The van der Waals surface area contributed by atoms with Crippen LogP contribution in [0.25, 0.3) is 86.6 Å². The van der Waals surface area contributed by atoms with Gasteiger partial charge in [-0.2, -0.15) is 10.4 Å². The van der Waals surface area contributed by atoms with Gasteiger partial charge in [0.1, 0.15) is 28.1 Å². The third-order valence-corrected chi connectivity index (χ3v) is 24.9. The first kappa shape index (κ1) is 64.8. The number of rotatable bonds is 9. The summed E-state index contributed by atoms with van der Waals surface area (Å²) in [5.41, 5.74) is 11.3. The Morgan fingerprint density at radius 1 is 0.557 bits per heavy atom. The Labute approximate surface area is 575 Å². The first-order chi connectivity index (χ1) is 46.5. The highest BCUT2D eigenvalue weighted by Crippen LogP contribution is 2.43. The average molecular weight is 1360 g/mol. The van der Waals surface area contributed by atoms with E-state index in [0.29, 0.717) is 64.7 Å². The van der Waals surface area contributed by atoms with Gasteiger partial charge in [0.15, 0.2) is 38.3 Å². The summed E-state index contributed by atoms with van der Waals surface area (Å²) in [6.07, 6.45) is 29.8. The van der Waals surface area contributed by atoms with Gasteiger partial charge < -0.3 is 33.7 Å². The molecule has 4 atom stereocenters. The molecule has 5 aliphatic heterocycles. The molecule has 5 fully saturated rings. The average Bonchev–Trinajstić information content (AvgIpc) is 1.72. The van der Waals surface area contributed by atoms with E-state index < -0.39 is 0 Å². The molecule has 4 bridgehead atoms. The number of hydrogen-bond acceptors (Lipinski definition) is 19. The molecule has 0 amide bonds. The van der Waals surface area contributed by atoms with Crippen LogP contribution in [0.3, 0.4) is 0 Å². The summed E-state index contributed by atoms with van der Waals surface area (Å²) >= 11 is 5.06. The van der Waals surface area contributed by atoms with Gasteiger partial charge in [-0.3, -0.25) is 24.5 Å². The van der Waals surface area contributed by atoms with Crippen molar-refractivity contribution in [3.05, 3.63) is 121 Å². The lowest BCUT2D eigenvalue weighted by Crippen LogP contribution is -2.61. The summed E-state index contributed by atoms with van der Waals surface area (Å²) in [7, 11) is 13.0. The van der Waals surface area contributed by atoms with E-state index in [4.69, 9.17) is 15.0 Å². The smallest absolute Gasteiger partial charge is 0.186 e. The van der Waals surface area contributed by atoms with Crippen LogP contribution in [-0.4, -0.2) is 162 Å². The lowest BCUT2D eigenvalue weighted by atomic mass is 9.77. The second-order valence-corrected chi connectivity index (χ2v) is 32.1. The number of hydrogen-bond donors (Lipinski definition) is 1. The molecule has 0 saturated carbocycles. The summed E-state index contributed by atoms with van der Waals surface area (Å²) in [6, 6.07) is 19.4. The first-order valence-corrected chi connectivity index (χ1v) is 36.3. The number of aryl methyl sites for hydroxylation is 3. The van der Waals surface area contributed by atoms with Gasteiger partial charge in [0.2, 0.25) is 0 Å². The zero-order valence-electron chi connectivity index (χ0n) is 57.2. The van der Waals surface area contributed by atoms with Crippen molar-refractivity contribution >= 4 is 102 Å². The van der Waals surface area contributed by atoms with Crippen LogP contribution in [0, 0.1) is 36.8 Å². The second-order valence-electron chi connectivity index (χ2n) is 29.1. The van der Waals surface area contributed by atoms with Crippen molar-refractivity contribution in [2.24, 2.45) is 7.05 Å². The van der Waals surface area contributed by atoms with Gasteiger partial charge in [-0.25, -0.2) is 33.7 Å². The minimum atomic E-state index is -0.338. The lowest BCUT2D eigenvalue weighted by molar-refractivity contribution is -0.00767. The maximum atomic E-state index is 14.6. The minimum absolute atomic E-state index is 0.111. The molecule has 0 aliphatic carbocycles. The number of anilines is 3. The summed E-state index contributed by atoms with van der Waals surface area (Å²) < 4.78 is 37.6. The van der Waals surface area contributed by atoms with Crippen LogP contribution in [-0.2, 0) is 7.05 Å². The number of pyridine rings is 5. The topological polar surface area (TPSA) is 182 Å². The number of likely N-dealkylation sites (tertiary alicyclic amines) is 1. The minimum Gasteiger partial charge on any atom is -0.359 e. The third kappa shape index (κ3) is 12.6. The van der Waals surface area contributed by atoms with Gasteiger partial charge in [0.05, 0.1) is 66.7 Å². The van der Waals surface area contributed by atoms with E-state index in [1.165, 1.54) is 76.3 Å². The molecular weight excluding hydrogens is 1280 g/mol. The van der Waals surface area contributed by atoms with Crippen molar-refractivity contribution in [1.82, 2.24) is 73.2 Å². The standard InChI is InChI=1S/C25H27N7S.C24H27FN6S.C24H29FN6S/c1-15-13-32-14-17(7-16(11-26)24(32)28-15)21-10-23-22(12-27-21)29-25(33-23)31(3)20-8-18-5-4-6-19(9-20)30(18)2;1-14-12-31-13-15(7-19(25)23(31)27-14)20-10-22-21(11-26-20)28-24(32-22)30(3)18-8-16-5-4-6-17(9-18)29(16)2;1-23(2)10-16(11-24(3,4)31(23)6)27-22-28-19-12-26-18(9-20(19)32-22)14-7-15-13-30(5)29-21(15)17(25)8-14/h7,10,12-14,18-20H,4-6,8-9H2,1-3H3;7,10-13,16-18H,4-6,8-9H2,1-3H3;7-9,12-13,16H,10-11H2,1-6H3,(H,27,28). The first-order valence-electron chi connectivity index (χ1n) is 33.9. The van der Waals surface area contributed by atoms with Gasteiger partial charge in [0.25, 0.3) is 0 Å². The zero-order valence-corrected chi connectivity index (χ0v) is 59.7. The number of thiazole rings is 3. The molecule has 11 aromatic heterocycles. The van der Waals surface area contributed by atoms with Gasteiger partial charge in [0, 0.05) is 128 Å². The molecular formula is C73H83F2N19S3. The predicted molar refractivity (Wildman–Crippen MR) is 388 cm³/mol. The number of nitrogens with one attached hydrogen (secondary N) is 1. The van der Waals surface area contributed by atoms with E-state index >= 15 is 0 Å². The van der Waals surface area contributed by atoms with E-state index in [1.54, 1.807) is 56.3 Å². The fourth-order valence-electron chi connectivity index (χ4n) is 16.2. The normalized spacial score (nSPS) is 22.0. The monoisotopic (exact) mass is 1360 g/mol. The highest BCUT2D eigenvalue weighted by molar-refractivity contribution is 7.23. The Kier molecular flexibility index (Phi) is 16.9. The lowest BCUT2D eigenvalue weighted by Gasteiger charge is -2.53. The number of piperidine rings is 5. The van der Waals surface area contributed by atoms with E-state index in [-0.39, 0.29) is 22.7 Å². The van der Waals surface area contributed by atoms with Gasteiger partial charge in [-0.1, -0.05) is 46.9 Å². The highest BCUT2D eigenvalue weighted by atomic mass is 32.1. The Morgan fingerprint density at radius 3 is 1.55 bits per heavy atom. The molecule has 1 aromatic carbocycles. The summed E-state index contributed by atoms with van der Waals surface area (Å²) in [5, 5.41) is 21.3. The Bertz CT molecular complexity index is 4970. The quantitative estimate of drug-likeness (QED) is 0.144. The van der Waals surface area contributed by atoms with Gasteiger partial charge in [-0.15, -0.1) is 0 Å². The van der Waals surface area contributed by atoms with Crippen molar-refractivity contribution in [1.29, 1.82) is 5.26 Å². The van der Waals surface area contributed by atoms with Crippen molar-refractivity contribution < 1.29 is 8.78 Å². The number of halogens is 2. The number of imidazole rings is 2. The SMILES string of the molecule is CN1C(C)(C)CC(Nc2nc3cnc(-c4cc(F)c5nn(C)cc5c4)cc3s2)CC1(C)C.Cc1cn2cc(-c3cc4sc(N(C)C5CC6CCCC(C5)N6C)nc4cn3)cc(C#N)c2n1.Cc1cn2cc(-c3cc4sc(N(C)C5CC6CCCC(C5)N6C)nc4cn3)cc(F)c2n1. The molecule has 5 saturated heterocycles. The van der Waals surface area contributed by atoms with E-state index in [2.05, 4.69) is 135 Å². The van der Waals surface area contributed by atoms with Crippen LogP contribution < -0.4 is 15.1 Å². The molecule has 0 radical (unpaired) electrons. The van der Waals surface area contributed by atoms with Crippen molar-refractivity contribution in [3.8, 4) is 39.8 Å². The Balaban J connectivity index is 0.000000119. The molecule has 1 N–H and O–H groups in total. The van der Waals surface area contributed by atoms with Crippen molar-refractivity contribution in [2.75, 3.05) is 50.4 Å². The van der Waals surface area contributed by atoms with Crippen LogP contribution in [0.4, 0.5) is 24.2 Å². The molecule has 16 heterocycles. The molecule has 4 unspecified atom stereocenters. The maximum Gasteiger partial charge on any atom is 0.186 e. The van der Waals surface area contributed by atoms with Crippen LogP contribution >= 0.6 is 34.0 Å². The van der Waals surface area contributed by atoms with E-state index in [0.717, 1.165) is 109 Å². The largest absolute Gasteiger partial charge is 0.359 e. The Hall–Kier alpha value is -8.18. The molecule has 19 nitrogen and oxygen atoms in total. The number of aromatic nitrogens is 12. The van der Waals surface area contributed by atoms with E-state index in [1.807, 2.05) is 85.9 Å². The molecule has 17 rings (SSSR count). The van der Waals surface area contributed by atoms with Crippen LogP contribution in [0.15, 0.2) is 92.0 Å². The zero-order chi connectivity index (χ0) is 67.5. The van der Waals surface area contributed by atoms with Gasteiger partial charge in [-0.05, 0) is 169 Å². The fourth-order valence-corrected chi connectivity index (χ4v) is 19.2. The van der Waals surface area contributed by atoms with E-state index in [9.17, 15) is 14.0 Å². The van der Waals surface area contributed by atoms with Crippen LogP contribution in [0.1, 0.15) is 122 Å². The number of nitrogens with zero attached hydrogens (tertiary/aromatic N) is 18. The number of fused-ring (bicyclic) bond motifs is 10. The third-order valence-electron chi connectivity index (χ3n) is 21.7. The van der Waals surface area contributed by atoms with Crippen molar-refractivity contribution in [3.63, 3.8) is 0 Å². The number of nitriles is 1. The predicted octanol–water partition coefficient (Wildman–Crippen LogP) is 15.0. The molecule has 0 spiro atoms. The van der Waals surface area contributed by atoms with Crippen LogP contribution in [0.2, 0.25) is 0 Å². The molecule has 12 aromatic rings. The Morgan fingerprint density at radius 2 is 1.02 bits per heavy atom. The summed E-state index contributed by atoms with van der Waals surface area (Å²) in [4.78, 5) is 49.6. The molecule has 24 heteroatoms. The highest BCUT2D eigenvalue weighted by Gasteiger charge is 2.44. The van der Waals surface area contributed by atoms with Crippen LogP contribution in [0.5, 0.6) is 0 Å². The molecule has 502 valence electrons. The maximum absolute atomic E-state index is 14.6. The van der Waals surface area contributed by atoms with Crippen molar-refractivity contribution in [2.45, 2.75) is 172 Å². The van der Waals surface area contributed by atoms with Gasteiger partial charge >= 0.3 is 0 Å². The second kappa shape index (κ2) is 25.3. The summed E-state index contributed by atoms with van der Waals surface area (Å²) in [6.45, 7) is 13.0. The fraction of sp³-hybridized carbons (Fsp3) is 0.452. The summed E-state index contributed by atoms with van der Waals surface area (Å²) in [5.74, 6) is -0.672.